The predicted octanol–water partition coefficient (Wildman–Crippen LogP) is 11.0. The van der Waals surface area contributed by atoms with Crippen LogP contribution >= 0.6 is 0 Å². The quantitative estimate of drug-likeness (QED) is 0.184. The van der Waals surface area contributed by atoms with Gasteiger partial charge in [0.2, 0.25) is 0 Å². The molecule has 2 aliphatic rings. The van der Waals surface area contributed by atoms with E-state index in [1.165, 1.54) is 50.1 Å². The Balaban J connectivity index is 1.76. The van der Waals surface area contributed by atoms with Crippen LogP contribution in [0.15, 0.2) is 187 Å². The molecule has 2 unspecified atom stereocenters. The molecule has 0 heteroatoms. The summed E-state index contributed by atoms with van der Waals surface area (Å²) in [5.41, 5.74) is 10.1. The van der Waals surface area contributed by atoms with E-state index in [0.717, 1.165) is 0 Å². The fourth-order valence-corrected chi connectivity index (χ4v) is 8.27. The fourth-order valence-electron chi connectivity index (χ4n) is 8.27. The normalized spacial score (nSPS) is 21.3. The van der Waals surface area contributed by atoms with Crippen LogP contribution in [0, 0.1) is 5.41 Å². The smallest absolute Gasteiger partial charge is 0.0545 e. The highest BCUT2D eigenvalue weighted by Crippen LogP contribution is 2.69. The van der Waals surface area contributed by atoms with Crippen LogP contribution in [0.4, 0.5) is 0 Å². The lowest BCUT2D eigenvalue weighted by Gasteiger charge is -2.59. The molecule has 2 aliphatic carbocycles. The van der Waals surface area contributed by atoms with Crippen LogP contribution in [0.1, 0.15) is 48.6 Å². The Morgan fingerprint density at radius 3 is 1.41 bits per heavy atom. The SMILES string of the molecule is CC1=C(C)C(C)(C(c2ccccc2)(c2ccccc2)C2(c3ccccc3)C=CC(c3ccccc3)=C2c2ccccc2)C=C1. The third-order valence-corrected chi connectivity index (χ3v) is 10.4. The zero-order chi connectivity index (χ0) is 30.2. The second-order valence-electron chi connectivity index (χ2n) is 12.4. The molecule has 0 amide bonds. The number of allylic oxidation sites excluding steroid dienone is 8. The van der Waals surface area contributed by atoms with Crippen molar-refractivity contribution in [1.29, 1.82) is 0 Å². The molecule has 7 rings (SSSR count). The lowest BCUT2D eigenvalue weighted by atomic mass is 9.41. The van der Waals surface area contributed by atoms with Gasteiger partial charge in [-0.25, -0.2) is 0 Å². The number of hydrogen-bond acceptors (Lipinski definition) is 0. The minimum Gasteiger partial charge on any atom is -0.0730 e. The van der Waals surface area contributed by atoms with Crippen molar-refractivity contribution in [3.63, 3.8) is 0 Å². The topological polar surface area (TPSA) is 0 Å². The van der Waals surface area contributed by atoms with Crippen molar-refractivity contribution in [3.8, 4) is 0 Å². The summed E-state index contributed by atoms with van der Waals surface area (Å²) in [6, 6.07) is 55.8. The van der Waals surface area contributed by atoms with E-state index in [4.69, 9.17) is 0 Å². The molecule has 44 heavy (non-hydrogen) atoms. The Bertz CT molecular complexity index is 1850. The Hall–Kier alpha value is -4.94. The van der Waals surface area contributed by atoms with Crippen LogP contribution < -0.4 is 0 Å². The van der Waals surface area contributed by atoms with Gasteiger partial charge in [0.1, 0.15) is 0 Å². The molecule has 0 radical (unpaired) electrons. The molecular weight excluding hydrogens is 528 g/mol. The first-order chi connectivity index (χ1) is 21.5. The van der Waals surface area contributed by atoms with E-state index >= 15 is 0 Å². The molecule has 5 aromatic carbocycles. The molecule has 0 saturated heterocycles. The first-order valence-corrected chi connectivity index (χ1v) is 15.6. The summed E-state index contributed by atoms with van der Waals surface area (Å²) >= 11 is 0. The van der Waals surface area contributed by atoms with Gasteiger partial charge in [0, 0.05) is 5.41 Å². The van der Waals surface area contributed by atoms with Gasteiger partial charge in [-0.3, -0.25) is 0 Å². The van der Waals surface area contributed by atoms with Crippen LogP contribution in [0.3, 0.4) is 0 Å². The first-order valence-electron chi connectivity index (χ1n) is 15.6. The molecule has 0 spiro atoms. The maximum absolute atomic E-state index is 2.53. The second-order valence-corrected chi connectivity index (χ2v) is 12.4. The van der Waals surface area contributed by atoms with Gasteiger partial charge in [-0.15, -0.1) is 0 Å². The van der Waals surface area contributed by atoms with Gasteiger partial charge in [0.25, 0.3) is 0 Å². The molecule has 0 nitrogen and oxygen atoms in total. The van der Waals surface area contributed by atoms with Gasteiger partial charge in [-0.05, 0) is 52.8 Å². The number of hydrogen-bond donors (Lipinski definition) is 0. The largest absolute Gasteiger partial charge is 0.0730 e. The second kappa shape index (κ2) is 11.0. The third-order valence-electron chi connectivity index (χ3n) is 10.4. The van der Waals surface area contributed by atoms with Crippen LogP contribution in [0.5, 0.6) is 0 Å². The van der Waals surface area contributed by atoms with Gasteiger partial charge in [0.05, 0.1) is 10.8 Å². The van der Waals surface area contributed by atoms with E-state index in [1.54, 1.807) is 0 Å². The molecular formula is C44H38. The van der Waals surface area contributed by atoms with E-state index in [9.17, 15) is 0 Å². The molecule has 214 valence electrons. The molecule has 2 atom stereocenters. The third kappa shape index (κ3) is 3.91. The van der Waals surface area contributed by atoms with E-state index in [0.29, 0.717) is 0 Å². The molecule has 0 bridgehead atoms. The zero-order valence-electron chi connectivity index (χ0n) is 25.7. The van der Waals surface area contributed by atoms with Crippen LogP contribution in [0.25, 0.3) is 11.1 Å². The Labute approximate surface area is 262 Å². The zero-order valence-corrected chi connectivity index (χ0v) is 25.7. The van der Waals surface area contributed by atoms with Crippen molar-refractivity contribution in [2.24, 2.45) is 5.41 Å². The van der Waals surface area contributed by atoms with Gasteiger partial charge in [0.15, 0.2) is 0 Å². The minimum atomic E-state index is -0.589. The molecule has 0 heterocycles. The molecule has 0 N–H and O–H groups in total. The molecule has 0 fully saturated rings. The van der Waals surface area contributed by atoms with Gasteiger partial charge >= 0.3 is 0 Å². The first kappa shape index (κ1) is 27.9. The summed E-state index contributed by atoms with van der Waals surface area (Å²) in [4.78, 5) is 0. The predicted molar refractivity (Wildman–Crippen MR) is 186 cm³/mol. The summed E-state index contributed by atoms with van der Waals surface area (Å²) < 4.78 is 0. The van der Waals surface area contributed by atoms with Crippen LogP contribution in [-0.4, -0.2) is 0 Å². The lowest BCUT2D eigenvalue weighted by molar-refractivity contribution is 0.229. The average Bonchev–Trinajstić information content (AvgIpc) is 3.62. The summed E-state index contributed by atoms with van der Waals surface area (Å²) in [6.45, 7) is 7.08. The molecule has 5 aromatic rings. The van der Waals surface area contributed by atoms with E-state index in [-0.39, 0.29) is 5.41 Å². The van der Waals surface area contributed by atoms with Crippen molar-refractivity contribution < 1.29 is 0 Å². The summed E-state index contributed by atoms with van der Waals surface area (Å²) in [5, 5.41) is 0. The summed E-state index contributed by atoms with van der Waals surface area (Å²) in [5.74, 6) is 0. The summed E-state index contributed by atoms with van der Waals surface area (Å²) in [7, 11) is 0. The summed E-state index contributed by atoms with van der Waals surface area (Å²) in [6.07, 6.45) is 9.77. The van der Waals surface area contributed by atoms with E-state index in [1.807, 2.05) is 0 Å². The number of benzene rings is 5. The maximum Gasteiger partial charge on any atom is 0.0545 e. The van der Waals surface area contributed by atoms with Crippen molar-refractivity contribution in [3.05, 3.63) is 215 Å². The number of rotatable bonds is 7. The van der Waals surface area contributed by atoms with Crippen LogP contribution in [0.2, 0.25) is 0 Å². The van der Waals surface area contributed by atoms with Gasteiger partial charge < -0.3 is 0 Å². The highest BCUT2D eigenvalue weighted by Gasteiger charge is 2.65. The molecule has 0 aromatic heterocycles. The van der Waals surface area contributed by atoms with Crippen molar-refractivity contribution in [2.45, 2.75) is 31.6 Å². The fraction of sp³-hybridized carbons (Fsp3) is 0.136. The standard InChI is InChI=1S/C44H38/c1-33-29-31-42(3,34(33)2)44(38-25-15-7-16-26-38,39-27-17-8-18-28-39)43(37-23-13-6-14-24-37)32-30-40(35-19-9-4-10-20-35)41(43)36-21-11-5-12-22-36/h4-32H,1-3H3. The van der Waals surface area contributed by atoms with E-state index in [2.05, 4.69) is 197 Å². The van der Waals surface area contributed by atoms with Crippen molar-refractivity contribution >= 4 is 11.1 Å². The lowest BCUT2D eigenvalue weighted by Crippen LogP contribution is -2.58. The Kier molecular flexibility index (Phi) is 6.94. The Morgan fingerprint density at radius 2 is 0.932 bits per heavy atom. The van der Waals surface area contributed by atoms with Crippen LogP contribution in [-0.2, 0) is 10.8 Å². The minimum absolute atomic E-state index is 0.369. The molecule has 0 saturated carbocycles. The molecule has 0 aliphatic heterocycles. The van der Waals surface area contributed by atoms with E-state index < -0.39 is 10.8 Å². The monoisotopic (exact) mass is 566 g/mol. The maximum atomic E-state index is 2.53. The highest BCUT2D eigenvalue weighted by molar-refractivity contribution is 6.05. The highest BCUT2D eigenvalue weighted by atomic mass is 14.7. The van der Waals surface area contributed by atoms with Gasteiger partial charge in [-0.2, -0.15) is 0 Å². The van der Waals surface area contributed by atoms with Gasteiger partial charge in [-0.1, -0.05) is 194 Å². The Morgan fingerprint density at radius 1 is 0.477 bits per heavy atom. The van der Waals surface area contributed by atoms with Crippen molar-refractivity contribution in [2.75, 3.05) is 0 Å². The van der Waals surface area contributed by atoms with Crippen molar-refractivity contribution in [1.82, 2.24) is 0 Å². The average molecular weight is 567 g/mol.